The van der Waals surface area contributed by atoms with Crippen LogP contribution in [-0.4, -0.2) is 6.03 Å². The maximum atomic E-state index is 10.1. The van der Waals surface area contributed by atoms with Crippen LogP contribution in [0.4, 0.5) is 10.5 Å². The van der Waals surface area contributed by atoms with Crippen molar-refractivity contribution in [1.82, 2.24) is 5.43 Å². The van der Waals surface area contributed by atoms with Crippen LogP contribution in [0.1, 0.15) is 0 Å². The third-order valence-electron chi connectivity index (χ3n) is 1.08. The van der Waals surface area contributed by atoms with E-state index in [9.17, 15) is 4.79 Å². The predicted octanol–water partition coefficient (Wildman–Crippen LogP) is 1.35. The van der Waals surface area contributed by atoms with Gasteiger partial charge in [0.05, 0.1) is 5.69 Å². The van der Waals surface area contributed by atoms with Gasteiger partial charge in [-0.15, -0.1) is 5.11 Å². The fraction of sp³-hybridized carbons (Fsp3) is 0. The molecular formula is C7H8N4O. The third-order valence-corrected chi connectivity index (χ3v) is 1.08. The molecule has 0 bridgehead atoms. The van der Waals surface area contributed by atoms with Crippen LogP contribution >= 0.6 is 0 Å². The molecule has 0 aliphatic carbocycles. The Morgan fingerprint density at radius 1 is 1.33 bits per heavy atom. The van der Waals surface area contributed by atoms with Gasteiger partial charge in [0.25, 0.3) is 0 Å². The smallest absolute Gasteiger partial charge is 0.333 e. The summed E-state index contributed by atoms with van der Waals surface area (Å²) in [7, 11) is 0. The van der Waals surface area contributed by atoms with Crippen molar-refractivity contribution in [2.45, 2.75) is 0 Å². The lowest BCUT2D eigenvalue weighted by atomic mass is 10.3. The number of rotatable bonds is 2. The maximum absolute atomic E-state index is 10.1. The van der Waals surface area contributed by atoms with E-state index < -0.39 is 6.03 Å². The van der Waals surface area contributed by atoms with E-state index in [0.29, 0.717) is 5.69 Å². The Labute approximate surface area is 69.3 Å². The van der Waals surface area contributed by atoms with Gasteiger partial charge in [0.15, 0.2) is 0 Å². The molecule has 0 unspecified atom stereocenters. The van der Waals surface area contributed by atoms with Crippen LogP contribution in [0.3, 0.4) is 0 Å². The summed E-state index contributed by atoms with van der Waals surface area (Å²) in [5, 5.41) is 7.00. The highest BCUT2D eigenvalue weighted by molar-refractivity contribution is 5.70. The molecule has 0 radical (unpaired) electrons. The van der Waals surface area contributed by atoms with Gasteiger partial charge < -0.3 is 5.73 Å². The van der Waals surface area contributed by atoms with Crippen LogP contribution < -0.4 is 11.2 Å². The molecule has 0 aromatic heterocycles. The number of hydrogen-bond donors (Lipinski definition) is 2. The van der Waals surface area contributed by atoms with Crippen molar-refractivity contribution < 1.29 is 4.79 Å². The minimum Gasteiger partial charge on any atom is -0.350 e. The van der Waals surface area contributed by atoms with Crippen LogP contribution in [0.25, 0.3) is 0 Å². The molecule has 3 N–H and O–H groups in total. The fourth-order valence-corrected chi connectivity index (χ4v) is 0.627. The zero-order valence-electron chi connectivity index (χ0n) is 6.27. The van der Waals surface area contributed by atoms with E-state index in [0.717, 1.165) is 0 Å². The molecule has 0 fully saturated rings. The van der Waals surface area contributed by atoms with Crippen LogP contribution in [0.5, 0.6) is 0 Å². The van der Waals surface area contributed by atoms with Crippen molar-refractivity contribution in [1.29, 1.82) is 0 Å². The first kappa shape index (κ1) is 8.19. The minimum atomic E-state index is -0.727. The predicted molar refractivity (Wildman–Crippen MR) is 43.7 cm³/mol. The van der Waals surface area contributed by atoms with Crippen molar-refractivity contribution in [3.8, 4) is 0 Å². The Balaban J connectivity index is 2.52. The van der Waals surface area contributed by atoms with E-state index in [1.807, 2.05) is 23.6 Å². The quantitative estimate of drug-likeness (QED) is 0.502. The summed E-state index contributed by atoms with van der Waals surface area (Å²) >= 11 is 0. The summed E-state index contributed by atoms with van der Waals surface area (Å²) in [6, 6.07) is 8.28. The number of amides is 2. The zero-order chi connectivity index (χ0) is 8.81. The number of nitrogens with one attached hydrogen (secondary N) is 1. The molecule has 5 nitrogen and oxygen atoms in total. The highest BCUT2D eigenvalue weighted by Crippen LogP contribution is 2.08. The molecule has 5 heteroatoms. The number of nitrogens with zero attached hydrogens (tertiary/aromatic N) is 2. The minimum absolute atomic E-state index is 0.659. The van der Waals surface area contributed by atoms with Gasteiger partial charge in [-0.3, -0.25) is 0 Å². The molecule has 0 aliphatic heterocycles. The lowest BCUT2D eigenvalue weighted by Gasteiger charge is -1.90. The number of carbonyl (C=O) groups is 1. The first-order valence-electron chi connectivity index (χ1n) is 3.30. The third kappa shape index (κ3) is 2.78. The molecule has 0 saturated heterocycles. The van der Waals surface area contributed by atoms with Gasteiger partial charge in [-0.25, -0.2) is 10.2 Å². The monoisotopic (exact) mass is 164 g/mol. The van der Waals surface area contributed by atoms with Gasteiger partial charge in [-0.2, -0.15) is 0 Å². The van der Waals surface area contributed by atoms with Crippen molar-refractivity contribution in [3.05, 3.63) is 30.3 Å². The van der Waals surface area contributed by atoms with E-state index in [1.54, 1.807) is 12.1 Å². The Morgan fingerprint density at radius 3 is 2.58 bits per heavy atom. The van der Waals surface area contributed by atoms with E-state index in [2.05, 4.69) is 10.3 Å². The average molecular weight is 164 g/mol. The molecule has 1 rings (SSSR count). The lowest BCUT2D eigenvalue weighted by molar-refractivity contribution is 0.249. The van der Waals surface area contributed by atoms with E-state index >= 15 is 0 Å². The van der Waals surface area contributed by atoms with Crippen LogP contribution in [0.15, 0.2) is 40.7 Å². The van der Waals surface area contributed by atoms with Gasteiger partial charge in [0.1, 0.15) is 0 Å². The second kappa shape index (κ2) is 4.07. The Morgan fingerprint density at radius 2 is 2.00 bits per heavy atom. The topological polar surface area (TPSA) is 79.8 Å². The molecule has 0 heterocycles. The number of hydrogen-bond acceptors (Lipinski definition) is 3. The lowest BCUT2D eigenvalue weighted by Crippen LogP contribution is -2.23. The molecule has 0 spiro atoms. The summed E-state index contributed by atoms with van der Waals surface area (Å²) in [5.74, 6) is 0. The molecule has 0 atom stereocenters. The van der Waals surface area contributed by atoms with Gasteiger partial charge >= 0.3 is 6.03 Å². The molecule has 12 heavy (non-hydrogen) atoms. The Bertz CT molecular complexity index is 283. The number of primary amides is 1. The number of carbonyl (C=O) groups excluding carboxylic acids is 1. The van der Waals surface area contributed by atoms with Gasteiger partial charge in [-0.05, 0) is 12.1 Å². The van der Waals surface area contributed by atoms with Crippen LogP contribution in [-0.2, 0) is 0 Å². The molecule has 0 aliphatic rings. The number of urea groups is 1. The summed E-state index contributed by atoms with van der Waals surface area (Å²) in [5.41, 5.74) is 7.40. The van der Waals surface area contributed by atoms with Crippen LogP contribution in [0, 0.1) is 0 Å². The summed E-state index contributed by atoms with van der Waals surface area (Å²) < 4.78 is 0. The van der Waals surface area contributed by atoms with E-state index in [-0.39, 0.29) is 0 Å². The second-order valence-corrected chi connectivity index (χ2v) is 2.01. The van der Waals surface area contributed by atoms with Crippen molar-refractivity contribution in [2.24, 2.45) is 16.1 Å². The van der Waals surface area contributed by atoms with Crippen molar-refractivity contribution in [3.63, 3.8) is 0 Å². The summed E-state index contributed by atoms with van der Waals surface area (Å²) in [4.78, 5) is 10.1. The van der Waals surface area contributed by atoms with Gasteiger partial charge in [0, 0.05) is 0 Å². The number of nitrogens with two attached hydrogens (primary N) is 1. The number of benzene rings is 1. The summed E-state index contributed by atoms with van der Waals surface area (Å²) in [6.07, 6.45) is 0. The Kier molecular flexibility index (Phi) is 2.78. The highest BCUT2D eigenvalue weighted by Gasteiger charge is 1.86. The maximum Gasteiger partial charge on any atom is 0.333 e. The first-order valence-corrected chi connectivity index (χ1v) is 3.30. The second-order valence-electron chi connectivity index (χ2n) is 2.01. The zero-order valence-corrected chi connectivity index (χ0v) is 6.27. The summed E-state index contributed by atoms with van der Waals surface area (Å²) in [6.45, 7) is 0. The molecule has 1 aromatic rings. The van der Waals surface area contributed by atoms with Gasteiger partial charge in [-0.1, -0.05) is 23.4 Å². The highest BCUT2D eigenvalue weighted by atomic mass is 16.2. The SMILES string of the molecule is NC(=O)NN=Nc1ccccc1. The largest absolute Gasteiger partial charge is 0.350 e. The average Bonchev–Trinajstić information content (AvgIpc) is 2.05. The van der Waals surface area contributed by atoms with Crippen molar-refractivity contribution in [2.75, 3.05) is 0 Å². The molecule has 0 saturated carbocycles. The molecule has 2 amide bonds. The van der Waals surface area contributed by atoms with Crippen LogP contribution in [0.2, 0.25) is 0 Å². The normalized spacial score (nSPS) is 10.0. The molecule has 1 aromatic carbocycles. The van der Waals surface area contributed by atoms with E-state index in [1.165, 1.54) is 0 Å². The first-order chi connectivity index (χ1) is 5.79. The van der Waals surface area contributed by atoms with E-state index in [4.69, 9.17) is 5.73 Å². The fourth-order valence-electron chi connectivity index (χ4n) is 0.627. The van der Waals surface area contributed by atoms with Crippen molar-refractivity contribution >= 4 is 11.7 Å². The molecular weight excluding hydrogens is 156 g/mol. The standard InChI is InChI=1S/C7H8N4O/c8-7(12)10-11-9-6-4-2-1-3-5-6/h1-5H,(H3,8,9,10,12). The van der Waals surface area contributed by atoms with Gasteiger partial charge in [0.2, 0.25) is 0 Å². The Hall–Kier alpha value is -1.91. The molecule has 62 valence electrons.